The highest BCUT2D eigenvalue weighted by Crippen LogP contribution is 2.32. The minimum absolute atomic E-state index is 0.0330. The van der Waals surface area contributed by atoms with Crippen LogP contribution in [-0.2, 0) is 6.54 Å². The average Bonchev–Trinajstić information content (AvgIpc) is 2.75. The number of anilines is 2. The number of carbonyl (C=O) groups is 1. The van der Waals surface area contributed by atoms with Gasteiger partial charge < -0.3 is 25.2 Å². The molecule has 3 aromatic rings. The number of rotatable bonds is 7. The molecule has 0 aliphatic heterocycles. The molecule has 0 radical (unpaired) electrons. The Labute approximate surface area is 170 Å². The molecule has 0 aromatic heterocycles. The molecule has 0 heterocycles. The number of aromatic hydroxyl groups is 1. The summed E-state index contributed by atoms with van der Waals surface area (Å²) in [6.07, 6.45) is 0. The highest BCUT2D eigenvalue weighted by molar-refractivity contribution is 6.05. The molecule has 6 heteroatoms. The Morgan fingerprint density at radius 1 is 0.966 bits per heavy atom. The van der Waals surface area contributed by atoms with Crippen molar-refractivity contribution in [1.29, 1.82) is 0 Å². The largest absolute Gasteiger partial charge is 0.506 e. The van der Waals surface area contributed by atoms with Gasteiger partial charge in [-0.1, -0.05) is 24.3 Å². The molecular weight excluding hydrogens is 368 g/mol. The molecular formula is C23H24N2O4. The standard InChI is InChI=1S/C23H24N2O4/c1-15-21(28-2)12-18(13-22(15)29-3)24-14-16-8-10-17(11-9-16)23(27)25-19-6-4-5-7-20(19)26/h4-13,24,26H,14H2,1-3H3,(H,25,27). The van der Waals surface area contributed by atoms with Crippen molar-refractivity contribution in [3.8, 4) is 17.2 Å². The number of para-hydroxylation sites is 2. The molecule has 29 heavy (non-hydrogen) atoms. The van der Waals surface area contributed by atoms with Crippen molar-refractivity contribution >= 4 is 17.3 Å². The van der Waals surface area contributed by atoms with Gasteiger partial charge >= 0.3 is 0 Å². The van der Waals surface area contributed by atoms with E-state index in [4.69, 9.17) is 9.47 Å². The molecule has 0 unspecified atom stereocenters. The SMILES string of the molecule is COc1cc(NCc2ccc(C(=O)Nc3ccccc3O)cc2)cc(OC)c1C. The Bertz CT molecular complexity index is 975. The van der Waals surface area contributed by atoms with Gasteiger partial charge in [0.15, 0.2) is 0 Å². The summed E-state index contributed by atoms with van der Waals surface area (Å²) >= 11 is 0. The number of hydrogen-bond acceptors (Lipinski definition) is 5. The zero-order chi connectivity index (χ0) is 20.8. The predicted molar refractivity (Wildman–Crippen MR) is 114 cm³/mol. The third-order valence-electron chi connectivity index (χ3n) is 4.62. The summed E-state index contributed by atoms with van der Waals surface area (Å²) in [5.74, 6) is 1.26. The Kier molecular flexibility index (Phi) is 6.24. The molecule has 3 aromatic carbocycles. The maximum absolute atomic E-state index is 12.4. The highest BCUT2D eigenvalue weighted by Gasteiger charge is 2.10. The first-order valence-electron chi connectivity index (χ1n) is 9.16. The Balaban J connectivity index is 1.65. The fourth-order valence-corrected chi connectivity index (χ4v) is 2.94. The molecule has 6 nitrogen and oxygen atoms in total. The normalized spacial score (nSPS) is 10.3. The molecule has 0 bridgehead atoms. The summed E-state index contributed by atoms with van der Waals surface area (Å²) in [4.78, 5) is 12.4. The van der Waals surface area contributed by atoms with Crippen LogP contribution in [0.25, 0.3) is 0 Å². The van der Waals surface area contributed by atoms with E-state index in [1.165, 1.54) is 6.07 Å². The van der Waals surface area contributed by atoms with E-state index in [9.17, 15) is 9.90 Å². The van der Waals surface area contributed by atoms with Gasteiger partial charge in [0.1, 0.15) is 17.2 Å². The third-order valence-corrected chi connectivity index (χ3v) is 4.62. The van der Waals surface area contributed by atoms with Gasteiger partial charge in [-0.05, 0) is 36.8 Å². The topological polar surface area (TPSA) is 79.8 Å². The minimum Gasteiger partial charge on any atom is -0.506 e. The molecule has 0 atom stereocenters. The van der Waals surface area contributed by atoms with E-state index < -0.39 is 0 Å². The van der Waals surface area contributed by atoms with Crippen LogP contribution in [0, 0.1) is 6.92 Å². The summed E-state index contributed by atoms with van der Waals surface area (Å²) in [7, 11) is 3.26. The van der Waals surface area contributed by atoms with Crippen LogP contribution < -0.4 is 20.1 Å². The maximum atomic E-state index is 12.4. The second-order valence-corrected chi connectivity index (χ2v) is 6.53. The van der Waals surface area contributed by atoms with Crippen LogP contribution in [-0.4, -0.2) is 25.2 Å². The lowest BCUT2D eigenvalue weighted by molar-refractivity contribution is 0.102. The van der Waals surface area contributed by atoms with Gasteiger partial charge in [0.25, 0.3) is 5.91 Å². The van der Waals surface area contributed by atoms with Gasteiger partial charge in [-0.3, -0.25) is 4.79 Å². The number of benzene rings is 3. The number of amides is 1. The molecule has 0 fully saturated rings. The quantitative estimate of drug-likeness (QED) is 0.513. The second-order valence-electron chi connectivity index (χ2n) is 6.53. The Hall–Kier alpha value is -3.67. The predicted octanol–water partition coefficient (Wildman–Crippen LogP) is 4.58. The average molecular weight is 392 g/mol. The van der Waals surface area contributed by atoms with E-state index in [2.05, 4.69) is 10.6 Å². The Morgan fingerprint density at radius 3 is 2.17 bits per heavy atom. The lowest BCUT2D eigenvalue weighted by Gasteiger charge is -2.14. The van der Waals surface area contributed by atoms with Crippen LogP contribution in [0.3, 0.4) is 0 Å². The molecule has 0 aliphatic rings. The molecule has 3 N–H and O–H groups in total. The van der Waals surface area contributed by atoms with Gasteiger partial charge in [-0.2, -0.15) is 0 Å². The van der Waals surface area contributed by atoms with Crippen molar-refractivity contribution in [1.82, 2.24) is 0 Å². The van der Waals surface area contributed by atoms with Crippen molar-refractivity contribution in [2.45, 2.75) is 13.5 Å². The van der Waals surface area contributed by atoms with Crippen LogP contribution in [0.1, 0.15) is 21.5 Å². The number of nitrogens with one attached hydrogen (secondary N) is 2. The summed E-state index contributed by atoms with van der Waals surface area (Å²) < 4.78 is 10.8. The van der Waals surface area contributed by atoms with E-state index in [1.807, 2.05) is 31.2 Å². The van der Waals surface area contributed by atoms with Crippen molar-refractivity contribution in [3.05, 3.63) is 77.4 Å². The minimum atomic E-state index is -0.279. The van der Waals surface area contributed by atoms with Gasteiger partial charge in [0.2, 0.25) is 0 Å². The first kappa shape index (κ1) is 20.1. The van der Waals surface area contributed by atoms with Crippen LogP contribution >= 0.6 is 0 Å². The van der Waals surface area contributed by atoms with Crippen LogP contribution in [0.5, 0.6) is 17.2 Å². The van der Waals surface area contributed by atoms with Crippen molar-refractivity contribution in [2.75, 3.05) is 24.9 Å². The maximum Gasteiger partial charge on any atom is 0.255 e. The van der Waals surface area contributed by atoms with Gasteiger partial charge in [0, 0.05) is 35.5 Å². The zero-order valence-electron chi connectivity index (χ0n) is 16.7. The Morgan fingerprint density at radius 2 is 1.59 bits per heavy atom. The molecule has 3 rings (SSSR count). The molecule has 0 saturated heterocycles. The second kappa shape index (κ2) is 9.01. The molecule has 0 spiro atoms. The molecule has 1 amide bonds. The lowest BCUT2D eigenvalue weighted by Crippen LogP contribution is -2.12. The fourth-order valence-electron chi connectivity index (χ4n) is 2.94. The number of phenols is 1. The van der Waals surface area contributed by atoms with E-state index in [1.54, 1.807) is 44.6 Å². The fraction of sp³-hybridized carbons (Fsp3) is 0.174. The van der Waals surface area contributed by atoms with Crippen molar-refractivity contribution < 1.29 is 19.4 Å². The van der Waals surface area contributed by atoms with Crippen LogP contribution in [0.2, 0.25) is 0 Å². The van der Waals surface area contributed by atoms with Crippen LogP contribution in [0.4, 0.5) is 11.4 Å². The first-order valence-corrected chi connectivity index (χ1v) is 9.16. The summed E-state index contributed by atoms with van der Waals surface area (Å²) in [5.41, 5.74) is 3.73. The third kappa shape index (κ3) is 4.79. The first-order chi connectivity index (χ1) is 14.0. The van der Waals surface area contributed by atoms with Crippen LogP contribution in [0.15, 0.2) is 60.7 Å². The highest BCUT2D eigenvalue weighted by atomic mass is 16.5. The van der Waals surface area contributed by atoms with E-state index in [-0.39, 0.29) is 11.7 Å². The molecule has 0 saturated carbocycles. The monoisotopic (exact) mass is 392 g/mol. The summed E-state index contributed by atoms with van der Waals surface area (Å²) in [6, 6.07) is 17.7. The number of ether oxygens (including phenoxy) is 2. The summed E-state index contributed by atoms with van der Waals surface area (Å²) in [6.45, 7) is 2.52. The van der Waals surface area contributed by atoms with E-state index >= 15 is 0 Å². The van der Waals surface area contributed by atoms with E-state index in [0.29, 0.717) is 17.8 Å². The van der Waals surface area contributed by atoms with Crippen molar-refractivity contribution in [2.24, 2.45) is 0 Å². The lowest BCUT2D eigenvalue weighted by atomic mass is 10.1. The number of hydrogen-bond donors (Lipinski definition) is 3. The number of phenolic OH excluding ortho intramolecular Hbond substituents is 1. The van der Waals surface area contributed by atoms with Gasteiger partial charge in [-0.15, -0.1) is 0 Å². The number of carbonyl (C=O) groups excluding carboxylic acids is 1. The van der Waals surface area contributed by atoms with Gasteiger partial charge in [0.05, 0.1) is 19.9 Å². The molecule has 150 valence electrons. The number of methoxy groups -OCH3 is 2. The smallest absolute Gasteiger partial charge is 0.255 e. The molecule has 0 aliphatic carbocycles. The van der Waals surface area contributed by atoms with Crippen molar-refractivity contribution in [3.63, 3.8) is 0 Å². The van der Waals surface area contributed by atoms with Gasteiger partial charge in [-0.25, -0.2) is 0 Å². The van der Waals surface area contributed by atoms with E-state index in [0.717, 1.165) is 28.3 Å². The summed E-state index contributed by atoms with van der Waals surface area (Å²) in [5, 5.41) is 15.8. The zero-order valence-corrected chi connectivity index (χ0v) is 16.7.